The van der Waals surface area contributed by atoms with Gasteiger partial charge in [-0.1, -0.05) is 53.9 Å². The molecule has 3 heterocycles. The molecule has 1 unspecified atom stereocenters. The third kappa shape index (κ3) is 10.1. The number of halogens is 4. The number of aromatic amines is 2. The standard InChI is InChI=1S/C30H33Cl2F2N5O2.C5H4N4O/c31-25-15-23(35)16-26(32)29(25)37-28(40)18-39-14-13-38(17-27(39)30(36)41)12-2-1-3-24(19-4-8-21(33)9-5-19)20-6-10-22(34)11-7-20;10-5-3-4(7-1-6-3)8-2-9-5/h4-11,15-16,24,27H,1-3,12-14,17-18,35H2,(H2,36,41)(H,37,40);1-2H,(H2,6,7,8,9,10). The minimum atomic E-state index is -0.627. The monoisotopic (exact) mass is 739 g/mol. The van der Waals surface area contributed by atoms with Crippen molar-refractivity contribution in [2.45, 2.75) is 31.2 Å². The zero-order chi connectivity index (χ0) is 36.5. The van der Waals surface area contributed by atoms with E-state index < -0.39 is 11.9 Å². The number of benzene rings is 3. The SMILES string of the molecule is NC(=O)C1CN(CCCCC(c2ccc(F)cc2)c2ccc(F)cc2)CCN1CC(=O)Nc1c(Cl)cc(N)cc1Cl.O=c1[nH]cnc2nc[nH]c12. The first kappa shape index (κ1) is 37.4. The smallest absolute Gasteiger partial charge is 0.276 e. The van der Waals surface area contributed by atoms with Crippen molar-refractivity contribution in [3.8, 4) is 0 Å². The predicted octanol–water partition coefficient (Wildman–Crippen LogP) is 4.91. The van der Waals surface area contributed by atoms with E-state index in [0.717, 1.165) is 36.9 Å². The second-order valence-corrected chi connectivity index (χ2v) is 12.9. The Bertz CT molecular complexity index is 1940. The highest BCUT2D eigenvalue weighted by atomic mass is 35.5. The molecule has 3 aromatic carbocycles. The minimum Gasteiger partial charge on any atom is -0.399 e. The van der Waals surface area contributed by atoms with Crippen molar-refractivity contribution in [1.29, 1.82) is 0 Å². The topological polar surface area (TPSA) is 179 Å². The lowest BCUT2D eigenvalue weighted by Gasteiger charge is -2.39. The van der Waals surface area contributed by atoms with Crippen LogP contribution in [0.25, 0.3) is 11.2 Å². The van der Waals surface area contributed by atoms with Crippen LogP contribution in [-0.4, -0.2) is 80.3 Å². The summed E-state index contributed by atoms with van der Waals surface area (Å²) in [5.74, 6) is -1.47. The van der Waals surface area contributed by atoms with E-state index in [9.17, 15) is 23.2 Å². The van der Waals surface area contributed by atoms with E-state index in [4.69, 9.17) is 34.7 Å². The molecule has 51 heavy (non-hydrogen) atoms. The highest BCUT2D eigenvalue weighted by Crippen LogP contribution is 2.33. The van der Waals surface area contributed by atoms with Gasteiger partial charge in [0.1, 0.15) is 17.7 Å². The molecule has 1 saturated heterocycles. The van der Waals surface area contributed by atoms with E-state index in [1.54, 1.807) is 29.2 Å². The van der Waals surface area contributed by atoms with Crippen molar-refractivity contribution in [3.63, 3.8) is 0 Å². The van der Waals surface area contributed by atoms with Crippen LogP contribution in [0.5, 0.6) is 0 Å². The second-order valence-electron chi connectivity index (χ2n) is 12.1. The van der Waals surface area contributed by atoms with Crippen LogP contribution in [0.15, 0.2) is 78.1 Å². The molecule has 7 N–H and O–H groups in total. The van der Waals surface area contributed by atoms with Crippen molar-refractivity contribution in [3.05, 3.63) is 116 Å². The number of imidazole rings is 1. The number of aromatic nitrogens is 4. The molecule has 6 rings (SSSR count). The van der Waals surface area contributed by atoms with Crippen molar-refractivity contribution < 1.29 is 18.4 Å². The van der Waals surface area contributed by atoms with Crippen LogP contribution in [-0.2, 0) is 9.59 Å². The summed E-state index contributed by atoms with van der Waals surface area (Å²) in [6.07, 6.45) is 5.29. The Morgan fingerprint density at radius 3 is 2.08 bits per heavy atom. The average Bonchev–Trinajstić information content (AvgIpc) is 3.59. The van der Waals surface area contributed by atoms with E-state index in [1.807, 2.05) is 0 Å². The molecule has 12 nitrogen and oxygen atoms in total. The number of nitrogens with zero attached hydrogens (tertiary/aromatic N) is 4. The summed E-state index contributed by atoms with van der Waals surface area (Å²) in [4.78, 5) is 52.5. The maximum Gasteiger partial charge on any atom is 0.276 e. The quantitative estimate of drug-likeness (QED) is 0.0937. The van der Waals surface area contributed by atoms with Gasteiger partial charge in [0.2, 0.25) is 11.8 Å². The van der Waals surface area contributed by atoms with Crippen LogP contribution in [0.1, 0.15) is 36.3 Å². The highest BCUT2D eigenvalue weighted by molar-refractivity contribution is 6.40. The van der Waals surface area contributed by atoms with Crippen molar-refractivity contribution >= 4 is 57.6 Å². The number of hydrogen-bond donors (Lipinski definition) is 5. The van der Waals surface area contributed by atoms with Gasteiger partial charge in [-0.05, 0) is 66.9 Å². The molecular formula is C35H37Cl2F2N9O3. The van der Waals surface area contributed by atoms with Crippen molar-refractivity contribution in [2.24, 2.45) is 5.73 Å². The molecule has 0 spiro atoms. The highest BCUT2D eigenvalue weighted by Gasteiger charge is 2.32. The van der Waals surface area contributed by atoms with Gasteiger partial charge in [0.25, 0.3) is 5.56 Å². The van der Waals surface area contributed by atoms with Gasteiger partial charge in [-0.15, -0.1) is 0 Å². The number of anilines is 2. The molecule has 0 bridgehead atoms. The summed E-state index contributed by atoms with van der Waals surface area (Å²) in [5.41, 5.74) is 14.7. The van der Waals surface area contributed by atoms with Gasteiger partial charge in [0, 0.05) is 31.2 Å². The molecule has 1 aliphatic heterocycles. The summed E-state index contributed by atoms with van der Waals surface area (Å²) >= 11 is 12.4. The number of nitrogen functional groups attached to an aromatic ring is 1. The molecule has 2 aromatic heterocycles. The third-order valence-electron chi connectivity index (χ3n) is 8.57. The number of amides is 2. The average molecular weight is 741 g/mol. The normalized spacial score (nSPS) is 15.0. The number of carbonyl (C=O) groups excluding carboxylic acids is 2. The Morgan fingerprint density at radius 2 is 1.51 bits per heavy atom. The van der Waals surface area contributed by atoms with Gasteiger partial charge in [0.05, 0.1) is 34.9 Å². The summed E-state index contributed by atoms with van der Waals surface area (Å²) < 4.78 is 27.0. The Kier molecular flexibility index (Phi) is 12.7. The first-order chi connectivity index (χ1) is 24.5. The largest absolute Gasteiger partial charge is 0.399 e. The lowest BCUT2D eigenvalue weighted by Crippen LogP contribution is -2.59. The van der Waals surface area contributed by atoms with Crippen LogP contribution >= 0.6 is 23.2 Å². The first-order valence-corrected chi connectivity index (χ1v) is 16.9. The molecule has 1 aliphatic rings. The number of fused-ring (bicyclic) bond motifs is 1. The second kappa shape index (κ2) is 17.4. The predicted molar refractivity (Wildman–Crippen MR) is 194 cm³/mol. The van der Waals surface area contributed by atoms with Crippen LogP contribution < -0.4 is 22.3 Å². The van der Waals surface area contributed by atoms with Gasteiger partial charge in [-0.2, -0.15) is 0 Å². The lowest BCUT2D eigenvalue weighted by atomic mass is 9.87. The summed E-state index contributed by atoms with van der Waals surface area (Å²) in [7, 11) is 0. The number of carbonyl (C=O) groups is 2. The number of hydrogen-bond acceptors (Lipinski definition) is 8. The maximum absolute atomic E-state index is 13.5. The Hall–Kier alpha value is -4.89. The molecule has 1 fully saturated rings. The first-order valence-electron chi connectivity index (χ1n) is 16.2. The fourth-order valence-corrected chi connectivity index (χ4v) is 6.59. The Balaban J connectivity index is 0.000000428. The molecule has 5 aromatic rings. The molecule has 0 aliphatic carbocycles. The molecule has 16 heteroatoms. The summed E-state index contributed by atoms with van der Waals surface area (Å²) in [6.45, 7) is 2.26. The summed E-state index contributed by atoms with van der Waals surface area (Å²) in [5, 5.41) is 3.15. The molecule has 2 amide bonds. The van der Waals surface area contributed by atoms with Crippen LogP contribution in [0.4, 0.5) is 20.2 Å². The van der Waals surface area contributed by atoms with Gasteiger partial charge in [-0.25, -0.2) is 18.7 Å². The number of nitrogens with two attached hydrogens (primary N) is 2. The van der Waals surface area contributed by atoms with E-state index in [0.29, 0.717) is 36.5 Å². The van der Waals surface area contributed by atoms with E-state index in [-0.39, 0.29) is 51.3 Å². The molecule has 0 radical (unpaired) electrons. The van der Waals surface area contributed by atoms with Crippen molar-refractivity contribution in [2.75, 3.05) is 43.8 Å². The molecule has 1 atom stereocenters. The van der Waals surface area contributed by atoms with E-state index in [2.05, 4.69) is 30.2 Å². The number of unbranched alkanes of at least 4 members (excludes halogenated alkanes) is 1. The zero-order valence-electron chi connectivity index (χ0n) is 27.4. The number of H-pyrrole nitrogens is 2. The number of primary amides is 1. The number of rotatable bonds is 11. The van der Waals surface area contributed by atoms with E-state index >= 15 is 0 Å². The van der Waals surface area contributed by atoms with Gasteiger partial charge >= 0.3 is 0 Å². The third-order valence-corrected chi connectivity index (χ3v) is 9.17. The lowest BCUT2D eigenvalue weighted by molar-refractivity contribution is -0.127. The number of nitrogens with one attached hydrogen (secondary N) is 3. The van der Waals surface area contributed by atoms with E-state index in [1.165, 1.54) is 49.1 Å². The van der Waals surface area contributed by atoms with Gasteiger partial charge in [-0.3, -0.25) is 24.2 Å². The van der Waals surface area contributed by atoms with Crippen LogP contribution in [0.3, 0.4) is 0 Å². The molecular weight excluding hydrogens is 703 g/mol. The van der Waals surface area contributed by atoms with Crippen LogP contribution in [0, 0.1) is 11.6 Å². The zero-order valence-corrected chi connectivity index (χ0v) is 28.9. The fourth-order valence-electron chi connectivity index (χ4n) is 5.99. The minimum absolute atomic E-state index is 0.00740. The summed E-state index contributed by atoms with van der Waals surface area (Å²) in [6, 6.07) is 15.2. The molecule has 268 valence electrons. The number of piperazine rings is 1. The molecule has 0 saturated carbocycles. The van der Waals surface area contributed by atoms with Gasteiger partial charge < -0.3 is 26.8 Å². The van der Waals surface area contributed by atoms with Crippen LogP contribution in [0.2, 0.25) is 10.0 Å². The van der Waals surface area contributed by atoms with Crippen molar-refractivity contribution in [1.82, 2.24) is 29.7 Å². The Labute approximate surface area is 302 Å². The maximum atomic E-state index is 13.5. The Morgan fingerprint density at radius 1 is 0.922 bits per heavy atom. The fraction of sp³-hybridized carbons (Fsp3) is 0.286. The van der Waals surface area contributed by atoms with Gasteiger partial charge in [0.15, 0.2) is 11.2 Å².